The predicted molar refractivity (Wildman–Crippen MR) is 47.0 cm³/mol. The molecule has 0 radical (unpaired) electrons. The first-order valence-corrected chi connectivity index (χ1v) is 3.83. The van der Waals surface area contributed by atoms with E-state index in [0.717, 1.165) is 0 Å². The van der Waals surface area contributed by atoms with Gasteiger partial charge >= 0.3 is 0 Å². The predicted octanol–water partition coefficient (Wildman–Crippen LogP) is 0.301. The minimum atomic E-state index is -1.01. The number of halogens is 1. The molecule has 0 amide bonds. The lowest BCUT2D eigenvalue weighted by Gasteiger charge is -2.31. The summed E-state index contributed by atoms with van der Waals surface area (Å²) in [5.41, 5.74) is -2.01. The molecule has 0 saturated heterocycles. The number of rotatable bonds is 1. The van der Waals surface area contributed by atoms with Gasteiger partial charge in [0.2, 0.25) is 7.26 Å². The monoisotopic (exact) mass is 166 g/mol. The summed E-state index contributed by atoms with van der Waals surface area (Å²) in [4.78, 5) is 0. The third kappa shape index (κ3) is 5.09. The van der Waals surface area contributed by atoms with Crippen LogP contribution in [0.3, 0.4) is 0 Å². The van der Waals surface area contributed by atoms with E-state index in [1.807, 2.05) is 0 Å². The van der Waals surface area contributed by atoms with Gasteiger partial charge in [-0.25, -0.2) is 11.5 Å². The van der Waals surface area contributed by atoms with Crippen LogP contribution < -0.4 is 0 Å². The first-order chi connectivity index (χ1) is 4.25. The van der Waals surface area contributed by atoms with Crippen LogP contribution in [0, 0.1) is 0 Å². The van der Waals surface area contributed by atoms with Gasteiger partial charge in [0.25, 0.3) is 0 Å². The van der Waals surface area contributed by atoms with Crippen LogP contribution in [-0.2, 0) is 0 Å². The highest BCUT2D eigenvalue weighted by atomic mass is 35.5. The van der Waals surface area contributed by atoms with E-state index in [-0.39, 0.29) is 0 Å². The van der Waals surface area contributed by atoms with Crippen molar-refractivity contribution >= 4 is 18.7 Å². The molecule has 0 aliphatic carbocycles. The molecule has 0 aromatic carbocycles. The van der Waals surface area contributed by atoms with Crippen LogP contribution >= 0.6 is 11.5 Å². The van der Waals surface area contributed by atoms with Crippen LogP contribution in [0.1, 0.15) is 27.7 Å². The van der Waals surface area contributed by atoms with Gasteiger partial charge in [0.05, 0.1) is 11.2 Å². The van der Waals surface area contributed by atoms with E-state index in [0.29, 0.717) is 0 Å². The quantitative estimate of drug-likeness (QED) is 0.550. The molecule has 0 aliphatic rings. The molecule has 0 aromatic heterocycles. The van der Waals surface area contributed by atoms with Crippen LogP contribution in [0.5, 0.6) is 0 Å². The Morgan fingerprint density at radius 2 is 1.00 bits per heavy atom. The summed E-state index contributed by atoms with van der Waals surface area (Å²) in [6.45, 7) is 6.31. The van der Waals surface area contributed by atoms with Gasteiger partial charge in [-0.1, -0.05) is 0 Å². The Bertz CT molecular complexity index is 70.7. The summed E-state index contributed by atoms with van der Waals surface area (Å²) < 4.78 is 0. The van der Waals surface area contributed by atoms with Crippen LogP contribution in [-0.4, -0.2) is 28.7 Å². The molecule has 0 fully saturated rings. The molecule has 4 heteroatoms. The van der Waals surface area contributed by atoms with Gasteiger partial charge < -0.3 is 10.2 Å². The third-order valence-corrected chi connectivity index (χ3v) is 1.50. The van der Waals surface area contributed by atoms with Gasteiger partial charge in [-0.05, 0) is 27.7 Å². The Morgan fingerprint density at radius 3 is 1.00 bits per heavy atom. The van der Waals surface area contributed by atoms with Crippen LogP contribution in [0.4, 0.5) is 0 Å². The maximum atomic E-state index is 9.10. The van der Waals surface area contributed by atoms with Crippen molar-refractivity contribution < 1.29 is 10.2 Å². The highest BCUT2D eigenvalue weighted by Gasteiger charge is 2.31. The topological polar surface area (TPSA) is 40.5 Å². The average molecular weight is 166 g/mol. The molecule has 10 heavy (non-hydrogen) atoms. The van der Waals surface area contributed by atoms with Gasteiger partial charge in [-0.3, -0.25) is 0 Å². The summed E-state index contributed by atoms with van der Waals surface area (Å²) >= 11 is 4.64. The first kappa shape index (κ1) is 12.9. The fourth-order valence-corrected chi connectivity index (χ4v) is 0. The second-order valence-corrected chi connectivity index (χ2v) is 3.12. The van der Waals surface area contributed by atoms with Crippen molar-refractivity contribution in [2.45, 2.75) is 38.9 Å². The largest absolute Gasteiger partial charge is 0.387 e. The average Bonchev–Trinajstić information content (AvgIpc) is 1.66. The standard InChI is InChI=1S/C6H14O2.BClH2/c1-5(2,7)6(3,4)8;1-2/h7-8H,1-4H3;1H2. The molecule has 0 rings (SSSR count). The van der Waals surface area contributed by atoms with E-state index >= 15 is 0 Å². The summed E-state index contributed by atoms with van der Waals surface area (Å²) in [7, 11) is 1.47. The summed E-state index contributed by atoms with van der Waals surface area (Å²) in [6, 6.07) is 0. The molecular formula is C6H16BClO2. The van der Waals surface area contributed by atoms with Gasteiger partial charge in [-0.15, -0.1) is 0 Å². The van der Waals surface area contributed by atoms with Crippen molar-refractivity contribution in [3.8, 4) is 0 Å². The van der Waals surface area contributed by atoms with Crippen LogP contribution in [0.2, 0.25) is 0 Å². The highest BCUT2D eigenvalue weighted by Crippen LogP contribution is 2.19. The highest BCUT2D eigenvalue weighted by molar-refractivity contribution is 6.80. The molecular weight excluding hydrogens is 150 g/mol. The zero-order valence-corrected chi connectivity index (χ0v) is 8.03. The lowest BCUT2D eigenvalue weighted by Crippen LogP contribution is -2.44. The van der Waals surface area contributed by atoms with E-state index in [1.165, 1.54) is 7.26 Å². The fourth-order valence-electron chi connectivity index (χ4n) is 0. The SMILES string of the molecule is BCl.CC(C)(O)C(C)(C)O. The zero-order chi connectivity index (χ0) is 9.00. The summed E-state index contributed by atoms with van der Waals surface area (Å²) in [5.74, 6) is 0. The smallest absolute Gasteiger partial charge is 0.215 e. The van der Waals surface area contributed by atoms with Gasteiger partial charge in [0.15, 0.2) is 0 Å². The number of hydrogen-bond acceptors (Lipinski definition) is 2. The molecule has 0 spiro atoms. The minimum Gasteiger partial charge on any atom is -0.387 e. The van der Waals surface area contributed by atoms with Crippen molar-refractivity contribution in [1.82, 2.24) is 0 Å². The first-order valence-electron chi connectivity index (χ1n) is 3.08. The van der Waals surface area contributed by atoms with E-state index in [4.69, 9.17) is 10.2 Å². The van der Waals surface area contributed by atoms with Crippen LogP contribution in [0.25, 0.3) is 0 Å². The van der Waals surface area contributed by atoms with Crippen molar-refractivity contribution in [3.63, 3.8) is 0 Å². The van der Waals surface area contributed by atoms with Gasteiger partial charge in [0, 0.05) is 0 Å². The normalized spacial score (nSPS) is 11.9. The van der Waals surface area contributed by atoms with E-state index in [9.17, 15) is 0 Å². The molecule has 0 unspecified atom stereocenters. The minimum absolute atomic E-state index is 1.01. The fraction of sp³-hybridized carbons (Fsp3) is 1.00. The third-order valence-electron chi connectivity index (χ3n) is 1.50. The van der Waals surface area contributed by atoms with Crippen molar-refractivity contribution in [1.29, 1.82) is 0 Å². The molecule has 0 saturated carbocycles. The second-order valence-electron chi connectivity index (χ2n) is 3.12. The Labute approximate surface area is 68.5 Å². The molecule has 0 bridgehead atoms. The van der Waals surface area contributed by atoms with Crippen molar-refractivity contribution in [2.75, 3.05) is 0 Å². The molecule has 0 aliphatic heterocycles. The Hall–Kier alpha value is 0.275. The summed E-state index contributed by atoms with van der Waals surface area (Å²) in [6.07, 6.45) is 0. The second kappa shape index (κ2) is 4.22. The molecule has 2 nitrogen and oxygen atoms in total. The van der Waals surface area contributed by atoms with Gasteiger partial charge in [0.1, 0.15) is 0 Å². The maximum Gasteiger partial charge on any atom is 0.215 e. The van der Waals surface area contributed by atoms with E-state index < -0.39 is 11.2 Å². The Balaban J connectivity index is 0. The zero-order valence-electron chi connectivity index (χ0n) is 7.27. The Kier molecular flexibility index (Phi) is 5.44. The van der Waals surface area contributed by atoms with Crippen LogP contribution in [0.15, 0.2) is 0 Å². The van der Waals surface area contributed by atoms with Crippen molar-refractivity contribution in [2.24, 2.45) is 0 Å². The lowest BCUT2D eigenvalue weighted by atomic mass is 9.90. The maximum absolute atomic E-state index is 9.10. The molecule has 0 atom stereocenters. The van der Waals surface area contributed by atoms with E-state index in [2.05, 4.69) is 11.5 Å². The molecule has 0 heterocycles. The van der Waals surface area contributed by atoms with E-state index in [1.54, 1.807) is 27.7 Å². The van der Waals surface area contributed by atoms with Crippen molar-refractivity contribution in [3.05, 3.63) is 0 Å². The Morgan fingerprint density at radius 1 is 0.900 bits per heavy atom. The molecule has 0 aromatic rings. The van der Waals surface area contributed by atoms with Gasteiger partial charge in [-0.2, -0.15) is 0 Å². The summed E-state index contributed by atoms with van der Waals surface area (Å²) in [5, 5.41) is 18.2. The lowest BCUT2D eigenvalue weighted by molar-refractivity contribution is -0.107. The molecule has 2 N–H and O–H groups in total. The number of hydrogen-bond donors (Lipinski definition) is 2. The number of aliphatic hydroxyl groups is 2. The molecule has 62 valence electrons.